The third-order valence-corrected chi connectivity index (χ3v) is 12.9. The number of hydrogen-bond acceptors (Lipinski definition) is 6. The van der Waals surface area contributed by atoms with E-state index in [1.165, 1.54) is 135 Å². The predicted molar refractivity (Wildman–Crippen MR) is 307 cm³/mol. The van der Waals surface area contributed by atoms with Crippen LogP contribution in [0.5, 0.6) is 0 Å². The van der Waals surface area contributed by atoms with Gasteiger partial charge in [-0.15, -0.1) is 0 Å². The van der Waals surface area contributed by atoms with Gasteiger partial charge in [0.1, 0.15) is 13.2 Å². The number of hydrogen-bond donors (Lipinski definition) is 0. The summed E-state index contributed by atoms with van der Waals surface area (Å²) < 4.78 is 16.9. The van der Waals surface area contributed by atoms with Gasteiger partial charge in [0.2, 0.25) is 0 Å². The Kier molecular flexibility index (Phi) is 56.3. The molecule has 0 amide bonds. The standard InChI is InChI=1S/C65H112O6/c1-4-7-10-13-16-19-22-25-28-31-33-35-37-40-43-46-49-52-55-58-64(67)70-61-62(60-69-63(66)57-54-51-48-45-42-39-36-30-27-24-21-18-15-12-9-6-3)71-65(68)59-56-53-50-47-44-41-38-34-32-29-26-23-20-17-14-11-8-5-2/h9,12,18,21,23,26-27,29-30,32,34,38-39,42,62H,4-8,10-11,13-17,19-20,22,24-25,28,31,33,35-37,40-41,43-61H2,1-3H3/b12-9-,21-18-,26-23-,30-27-,32-29-,38-34-,42-39-. The minimum absolute atomic E-state index is 0.0933. The summed E-state index contributed by atoms with van der Waals surface area (Å²) in [6.45, 7) is 6.49. The van der Waals surface area contributed by atoms with E-state index in [-0.39, 0.29) is 31.1 Å². The molecule has 0 aromatic carbocycles. The highest BCUT2D eigenvalue weighted by atomic mass is 16.6. The Balaban J connectivity index is 4.44. The van der Waals surface area contributed by atoms with E-state index in [1.54, 1.807) is 0 Å². The number of unbranched alkanes of at least 4 members (excludes halogenated alkanes) is 31. The maximum absolute atomic E-state index is 12.9. The first-order valence-electron chi connectivity index (χ1n) is 30.1. The summed E-state index contributed by atoms with van der Waals surface area (Å²) in [4.78, 5) is 38.2. The summed E-state index contributed by atoms with van der Waals surface area (Å²) in [6.07, 6.45) is 77.2. The minimum Gasteiger partial charge on any atom is -0.462 e. The van der Waals surface area contributed by atoms with Crippen molar-refractivity contribution in [2.75, 3.05) is 13.2 Å². The van der Waals surface area contributed by atoms with Crippen molar-refractivity contribution >= 4 is 17.9 Å². The minimum atomic E-state index is -0.800. The largest absolute Gasteiger partial charge is 0.462 e. The van der Waals surface area contributed by atoms with Crippen molar-refractivity contribution < 1.29 is 28.6 Å². The van der Waals surface area contributed by atoms with Crippen LogP contribution >= 0.6 is 0 Å². The number of ether oxygens (including phenoxy) is 3. The molecular weight excluding hydrogens is 877 g/mol. The van der Waals surface area contributed by atoms with E-state index in [2.05, 4.69) is 106 Å². The molecule has 0 fully saturated rings. The van der Waals surface area contributed by atoms with E-state index in [9.17, 15) is 14.4 Å². The highest BCUT2D eigenvalue weighted by Crippen LogP contribution is 2.16. The number of allylic oxidation sites excluding steroid dienone is 14. The SMILES string of the molecule is CC/C=C\C/C=C\C/C=C\C/C=C\CCCCCC(=O)OCC(COC(=O)CCCCCCCCCCCCCCCCCCCCC)OC(=O)CCCCCCC\C=C/C=C\C=C/CCCCCCC. The molecule has 1 unspecified atom stereocenters. The van der Waals surface area contributed by atoms with E-state index in [0.29, 0.717) is 19.3 Å². The van der Waals surface area contributed by atoms with Crippen molar-refractivity contribution in [1.82, 2.24) is 0 Å². The number of carbonyl (C=O) groups excluding carboxylic acids is 3. The quantitative estimate of drug-likeness (QED) is 0.0199. The number of rotatable bonds is 54. The molecule has 6 heteroatoms. The number of esters is 3. The topological polar surface area (TPSA) is 78.9 Å². The van der Waals surface area contributed by atoms with Gasteiger partial charge in [0.05, 0.1) is 0 Å². The van der Waals surface area contributed by atoms with Gasteiger partial charge in [-0.25, -0.2) is 0 Å². The molecular formula is C65H112O6. The lowest BCUT2D eigenvalue weighted by Gasteiger charge is -2.18. The normalized spacial score (nSPS) is 12.7. The van der Waals surface area contributed by atoms with Crippen LogP contribution in [0.4, 0.5) is 0 Å². The molecule has 0 aliphatic heterocycles. The fourth-order valence-electron chi connectivity index (χ4n) is 8.44. The van der Waals surface area contributed by atoms with Crippen molar-refractivity contribution in [3.63, 3.8) is 0 Å². The molecule has 0 rings (SSSR count). The fraction of sp³-hybridized carbons (Fsp3) is 0.738. The molecule has 71 heavy (non-hydrogen) atoms. The molecule has 0 heterocycles. The zero-order chi connectivity index (χ0) is 51.4. The van der Waals surface area contributed by atoms with Crippen LogP contribution in [0.25, 0.3) is 0 Å². The molecule has 1 atom stereocenters. The second-order valence-electron chi connectivity index (χ2n) is 19.9. The third-order valence-electron chi connectivity index (χ3n) is 12.9. The maximum Gasteiger partial charge on any atom is 0.306 e. The third kappa shape index (κ3) is 57.4. The molecule has 0 N–H and O–H groups in total. The monoisotopic (exact) mass is 989 g/mol. The van der Waals surface area contributed by atoms with Crippen molar-refractivity contribution in [1.29, 1.82) is 0 Å². The fourth-order valence-corrected chi connectivity index (χ4v) is 8.44. The molecule has 0 saturated carbocycles. The van der Waals surface area contributed by atoms with Gasteiger partial charge in [-0.1, -0.05) is 273 Å². The van der Waals surface area contributed by atoms with Gasteiger partial charge >= 0.3 is 17.9 Å². The van der Waals surface area contributed by atoms with Gasteiger partial charge in [0, 0.05) is 19.3 Å². The summed E-state index contributed by atoms with van der Waals surface area (Å²) in [5.74, 6) is -0.936. The van der Waals surface area contributed by atoms with E-state index in [0.717, 1.165) is 116 Å². The average Bonchev–Trinajstić information content (AvgIpc) is 3.37. The van der Waals surface area contributed by atoms with Crippen molar-refractivity contribution in [3.05, 3.63) is 85.1 Å². The van der Waals surface area contributed by atoms with Gasteiger partial charge in [-0.05, 0) is 83.5 Å². The van der Waals surface area contributed by atoms with E-state index in [4.69, 9.17) is 14.2 Å². The first-order valence-corrected chi connectivity index (χ1v) is 30.1. The Labute approximate surface area is 439 Å². The van der Waals surface area contributed by atoms with Crippen LogP contribution < -0.4 is 0 Å². The van der Waals surface area contributed by atoms with E-state index < -0.39 is 6.10 Å². The molecule has 0 bridgehead atoms. The lowest BCUT2D eigenvalue weighted by Crippen LogP contribution is -2.30. The van der Waals surface area contributed by atoms with Gasteiger partial charge in [-0.2, -0.15) is 0 Å². The van der Waals surface area contributed by atoms with Crippen LogP contribution in [0, 0.1) is 0 Å². The highest BCUT2D eigenvalue weighted by molar-refractivity contribution is 5.71. The first kappa shape index (κ1) is 67.6. The van der Waals surface area contributed by atoms with Crippen LogP contribution in [-0.2, 0) is 28.6 Å². The molecule has 0 aromatic heterocycles. The Morgan fingerprint density at radius 2 is 0.606 bits per heavy atom. The highest BCUT2D eigenvalue weighted by Gasteiger charge is 2.19. The van der Waals surface area contributed by atoms with Crippen LogP contribution in [0.1, 0.15) is 290 Å². The van der Waals surface area contributed by atoms with E-state index >= 15 is 0 Å². The molecule has 0 spiro atoms. The van der Waals surface area contributed by atoms with Gasteiger partial charge in [0.25, 0.3) is 0 Å². The van der Waals surface area contributed by atoms with Gasteiger partial charge in [-0.3, -0.25) is 14.4 Å². The Morgan fingerprint density at radius 3 is 0.986 bits per heavy atom. The van der Waals surface area contributed by atoms with Gasteiger partial charge < -0.3 is 14.2 Å². The summed E-state index contributed by atoms with van der Waals surface area (Å²) in [5, 5.41) is 0. The molecule has 0 aromatic rings. The molecule has 6 nitrogen and oxygen atoms in total. The average molecular weight is 990 g/mol. The zero-order valence-corrected chi connectivity index (χ0v) is 46.7. The van der Waals surface area contributed by atoms with Crippen LogP contribution in [0.15, 0.2) is 85.1 Å². The van der Waals surface area contributed by atoms with Crippen molar-refractivity contribution in [2.24, 2.45) is 0 Å². The van der Waals surface area contributed by atoms with Crippen LogP contribution in [0.3, 0.4) is 0 Å². The Bertz CT molecular complexity index is 1370. The molecule has 0 radical (unpaired) electrons. The molecule has 0 saturated heterocycles. The molecule has 0 aliphatic rings. The zero-order valence-electron chi connectivity index (χ0n) is 46.7. The smallest absolute Gasteiger partial charge is 0.306 e. The summed E-state index contributed by atoms with van der Waals surface area (Å²) in [5.41, 5.74) is 0. The lowest BCUT2D eigenvalue weighted by atomic mass is 10.0. The summed E-state index contributed by atoms with van der Waals surface area (Å²) in [6, 6.07) is 0. The second-order valence-corrected chi connectivity index (χ2v) is 19.9. The molecule has 408 valence electrons. The summed E-state index contributed by atoms with van der Waals surface area (Å²) >= 11 is 0. The van der Waals surface area contributed by atoms with Crippen molar-refractivity contribution in [3.8, 4) is 0 Å². The molecule has 0 aliphatic carbocycles. The van der Waals surface area contributed by atoms with Gasteiger partial charge in [0.15, 0.2) is 6.10 Å². The first-order chi connectivity index (χ1) is 35.0. The van der Waals surface area contributed by atoms with Crippen molar-refractivity contribution in [2.45, 2.75) is 297 Å². The van der Waals surface area contributed by atoms with Crippen LogP contribution in [-0.4, -0.2) is 37.2 Å². The number of carbonyl (C=O) groups is 3. The van der Waals surface area contributed by atoms with E-state index in [1.807, 2.05) is 0 Å². The summed E-state index contributed by atoms with van der Waals surface area (Å²) in [7, 11) is 0. The van der Waals surface area contributed by atoms with Crippen LogP contribution in [0.2, 0.25) is 0 Å². The Morgan fingerprint density at radius 1 is 0.310 bits per heavy atom. The lowest BCUT2D eigenvalue weighted by molar-refractivity contribution is -0.167. The maximum atomic E-state index is 12.9. The Hall–Kier alpha value is -3.41. The second kappa shape index (κ2) is 59.2. The predicted octanol–water partition coefficient (Wildman–Crippen LogP) is 20.3.